The maximum atomic E-state index is 11.3. The first-order valence-corrected chi connectivity index (χ1v) is 6.14. The van der Waals surface area contributed by atoms with Gasteiger partial charge in [-0.25, -0.2) is 14.9 Å². The van der Waals surface area contributed by atoms with Gasteiger partial charge in [0.25, 0.3) is 0 Å². The minimum atomic E-state index is -0.653. The molecule has 0 bridgehead atoms. The van der Waals surface area contributed by atoms with E-state index in [4.69, 9.17) is 10.6 Å². The van der Waals surface area contributed by atoms with Crippen LogP contribution in [-0.2, 0) is 0 Å². The van der Waals surface area contributed by atoms with E-state index in [1.54, 1.807) is 12.3 Å². The summed E-state index contributed by atoms with van der Waals surface area (Å²) in [6.07, 6.45) is 3.84. The van der Waals surface area contributed by atoms with Crippen molar-refractivity contribution in [1.82, 2.24) is 15.5 Å². The van der Waals surface area contributed by atoms with Crippen molar-refractivity contribution in [3.05, 3.63) is 23.5 Å². The molecule has 1 aliphatic heterocycles. The quantitative estimate of drug-likeness (QED) is 0.428. The highest BCUT2D eigenvalue weighted by Gasteiger charge is 2.36. The number of aromatic nitrogens is 2. The van der Waals surface area contributed by atoms with Crippen molar-refractivity contribution in [3.63, 3.8) is 0 Å². The summed E-state index contributed by atoms with van der Waals surface area (Å²) in [6, 6.07) is 1.06. The molecule has 1 saturated carbocycles. The summed E-state index contributed by atoms with van der Waals surface area (Å²) in [5, 5.41) is 15.1. The Hall–Kier alpha value is -2.71. The van der Waals surface area contributed by atoms with Crippen LogP contribution in [0.5, 0.6) is 5.88 Å². The lowest BCUT2D eigenvalue weighted by Gasteiger charge is -2.22. The zero-order chi connectivity index (χ0) is 13.9. The van der Waals surface area contributed by atoms with Gasteiger partial charge >= 0.3 is 6.03 Å². The third kappa shape index (κ3) is 2.51. The third-order valence-corrected chi connectivity index (χ3v) is 3.01. The number of carbonyl (C=O) groups excluding carboxylic acids is 1. The van der Waals surface area contributed by atoms with E-state index in [1.807, 2.05) is 0 Å². The molecule has 1 aromatic rings. The summed E-state index contributed by atoms with van der Waals surface area (Å²) < 4.78 is 5.54. The lowest BCUT2D eigenvalue weighted by Crippen LogP contribution is -2.37. The van der Waals surface area contributed by atoms with E-state index in [0.29, 0.717) is 24.2 Å². The number of nitrogens with one attached hydrogen (secondary N) is 2. The van der Waals surface area contributed by atoms with Crippen LogP contribution in [0.4, 0.5) is 4.79 Å². The lowest BCUT2D eigenvalue weighted by molar-refractivity contribution is 0.251. The fraction of sp³-hybridized carbons (Fsp3) is 0.364. The van der Waals surface area contributed by atoms with Crippen molar-refractivity contribution in [2.75, 3.05) is 6.61 Å². The maximum absolute atomic E-state index is 11.3. The monoisotopic (exact) mass is 275 g/mol. The van der Waals surface area contributed by atoms with Crippen molar-refractivity contribution in [2.45, 2.75) is 12.8 Å². The predicted molar refractivity (Wildman–Crippen MR) is 68.8 cm³/mol. The molecule has 2 amide bonds. The van der Waals surface area contributed by atoms with Crippen LogP contribution in [0.3, 0.4) is 0 Å². The molecule has 0 atom stereocenters. The SMILES string of the molecule is NN=NC(=O)NC1=NC(C2CC2)=C1COc1ccn[nH]1. The zero-order valence-electron chi connectivity index (χ0n) is 10.5. The average Bonchev–Trinajstić information content (AvgIpc) is 3.10. The van der Waals surface area contributed by atoms with Gasteiger partial charge in [-0.15, -0.1) is 0 Å². The van der Waals surface area contributed by atoms with Crippen molar-refractivity contribution in [1.29, 1.82) is 0 Å². The molecular formula is C11H13N7O2. The fourth-order valence-electron chi connectivity index (χ4n) is 1.92. The fourth-order valence-corrected chi connectivity index (χ4v) is 1.92. The molecule has 1 fully saturated rings. The number of rotatable bonds is 4. The number of urea groups is 1. The molecule has 3 rings (SSSR count). The van der Waals surface area contributed by atoms with Crippen LogP contribution >= 0.6 is 0 Å². The second-order valence-corrected chi connectivity index (χ2v) is 4.45. The molecule has 9 nitrogen and oxygen atoms in total. The largest absolute Gasteiger partial charge is 0.473 e. The van der Waals surface area contributed by atoms with Gasteiger partial charge in [0.1, 0.15) is 12.4 Å². The molecule has 2 aliphatic rings. The Labute approximate surface area is 114 Å². The molecule has 0 spiro atoms. The van der Waals surface area contributed by atoms with Gasteiger partial charge in [-0.2, -0.15) is 5.10 Å². The topological polar surface area (TPSA) is 130 Å². The smallest absolute Gasteiger partial charge is 0.366 e. The number of nitrogens with zero attached hydrogens (tertiary/aromatic N) is 4. The summed E-state index contributed by atoms with van der Waals surface area (Å²) >= 11 is 0. The Bertz CT molecular complexity index is 598. The lowest BCUT2D eigenvalue weighted by atomic mass is 10.1. The highest BCUT2D eigenvalue weighted by atomic mass is 16.5. The van der Waals surface area contributed by atoms with E-state index in [2.05, 4.69) is 30.8 Å². The second-order valence-electron chi connectivity index (χ2n) is 4.45. The van der Waals surface area contributed by atoms with E-state index in [1.165, 1.54) is 0 Å². The van der Waals surface area contributed by atoms with Crippen LogP contribution < -0.4 is 15.9 Å². The highest BCUT2D eigenvalue weighted by Crippen LogP contribution is 2.42. The van der Waals surface area contributed by atoms with Gasteiger partial charge in [0.05, 0.1) is 17.5 Å². The molecule has 104 valence electrons. The number of hydrogen-bond donors (Lipinski definition) is 3. The van der Waals surface area contributed by atoms with Crippen LogP contribution in [0, 0.1) is 5.92 Å². The average molecular weight is 275 g/mol. The molecule has 0 saturated heterocycles. The Morgan fingerprint density at radius 3 is 3.10 bits per heavy atom. The first-order chi connectivity index (χ1) is 9.78. The van der Waals surface area contributed by atoms with Gasteiger partial charge in [-0.1, -0.05) is 10.3 Å². The Balaban J connectivity index is 1.63. The molecule has 0 radical (unpaired) electrons. The summed E-state index contributed by atoms with van der Waals surface area (Å²) in [7, 11) is 0. The van der Waals surface area contributed by atoms with Crippen molar-refractivity contribution in [3.8, 4) is 5.88 Å². The van der Waals surface area contributed by atoms with Crippen LogP contribution in [0.2, 0.25) is 0 Å². The number of aliphatic imine (C=N–C) groups is 1. The molecular weight excluding hydrogens is 262 g/mol. The van der Waals surface area contributed by atoms with Gasteiger partial charge < -0.3 is 10.6 Å². The third-order valence-electron chi connectivity index (χ3n) is 3.01. The number of allylic oxidation sites excluding steroid dienone is 1. The predicted octanol–water partition coefficient (Wildman–Crippen LogP) is 0.900. The van der Waals surface area contributed by atoms with Gasteiger partial charge in [0.2, 0.25) is 5.88 Å². The summed E-state index contributed by atoms with van der Waals surface area (Å²) in [5.41, 5.74) is 1.87. The first-order valence-electron chi connectivity index (χ1n) is 6.14. The van der Waals surface area contributed by atoms with Gasteiger partial charge in [-0.05, 0) is 12.8 Å². The van der Waals surface area contributed by atoms with Crippen LogP contribution in [0.15, 0.2) is 38.9 Å². The van der Waals surface area contributed by atoms with Gasteiger partial charge in [-0.3, -0.25) is 5.32 Å². The highest BCUT2D eigenvalue weighted by molar-refractivity contribution is 6.12. The number of amides is 2. The standard InChI is InChI=1S/C11H13N7O2/c12-18-17-11(19)15-10-7(9(14-10)6-1-2-6)5-20-8-3-4-13-16-8/h3-4,6H,1-2,5H2,(H,13,16)(H3,12,14,15,17,19). The van der Waals surface area contributed by atoms with Crippen molar-refractivity contribution >= 4 is 11.9 Å². The molecule has 1 aromatic heterocycles. The molecule has 20 heavy (non-hydrogen) atoms. The molecule has 0 unspecified atom stereocenters. The number of ether oxygens (including phenoxy) is 1. The molecule has 1 aliphatic carbocycles. The van der Waals surface area contributed by atoms with E-state index < -0.39 is 6.03 Å². The number of amidine groups is 1. The zero-order valence-corrected chi connectivity index (χ0v) is 10.5. The second kappa shape index (κ2) is 5.11. The van der Waals surface area contributed by atoms with Crippen LogP contribution in [0.25, 0.3) is 0 Å². The first kappa shape index (κ1) is 12.3. The van der Waals surface area contributed by atoms with E-state index in [-0.39, 0.29) is 0 Å². The van der Waals surface area contributed by atoms with Crippen LogP contribution in [0.1, 0.15) is 12.8 Å². The Kier molecular flexibility index (Phi) is 3.15. The maximum Gasteiger partial charge on any atom is 0.366 e. The minimum Gasteiger partial charge on any atom is -0.473 e. The number of carbonyl (C=O) groups is 1. The number of H-pyrrole nitrogens is 1. The number of nitrogens with two attached hydrogens (primary N) is 1. The Morgan fingerprint density at radius 1 is 1.60 bits per heavy atom. The summed E-state index contributed by atoms with van der Waals surface area (Å²) in [5.74, 6) is 6.32. The van der Waals surface area contributed by atoms with Crippen LogP contribution in [-0.4, -0.2) is 28.7 Å². The van der Waals surface area contributed by atoms with Crippen molar-refractivity contribution < 1.29 is 9.53 Å². The summed E-state index contributed by atoms with van der Waals surface area (Å²) in [6.45, 7) is 0.312. The molecule has 2 heterocycles. The van der Waals surface area contributed by atoms with E-state index >= 15 is 0 Å². The number of hydrogen-bond acceptors (Lipinski definition) is 5. The molecule has 0 aromatic carbocycles. The summed E-state index contributed by atoms with van der Waals surface area (Å²) in [4.78, 5) is 15.6. The van der Waals surface area contributed by atoms with E-state index in [9.17, 15) is 4.79 Å². The van der Waals surface area contributed by atoms with E-state index in [0.717, 1.165) is 24.1 Å². The van der Waals surface area contributed by atoms with Crippen molar-refractivity contribution in [2.24, 2.45) is 27.1 Å². The molecule has 4 N–H and O–H groups in total. The normalized spacial score (nSPS) is 17.9. The molecule has 9 heteroatoms. The Morgan fingerprint density at radius 2 is 2.45 bits per heavy atom. The van der Waals surface area contributed by atoms with Gasteiger partial charge in [0.15, 0.2) is 0 Å². The van der Waals surface area contributed by atoms with Gasteiger partial charge in [0, 0.05) is 12.0 Å². The minimum absolute atomic E-state index is 0.312. The number of aromatic amines is 1.